The van der Waals surface area contributed by atoms with Crippen LogP contribution in [0.1, 0.15) is 69.9 Å². The van der Waals surface area contributed by atoms with E-state index in [9.17, 15) is 4.79 Å². The molecule has 2 heterocycles. The van der Waals surface area contributed by atoms with Crippen LogP contribution in [0.15, 0.2) is 23.4 Å². The average molecular weight is 318 g/mol. The maximum Gasteiger partial charge on any atom is 0.219 e. The molecule has 1 unspecified atom stereocenters. The van der Waals surface area contributed by atoms with Crippen LogP contribution in [0.25, 0.3) is 0 Å². The number of thioether (sulfide) groups is 1. The highest BCUT2D eigenvalue weighted by atomic mass is 32.2. The first-order valence-electron chi connectivity index (χ1n) is 8.64. The molecule has 1 aromatic rings. The molecule has 1 aliphatic heterocycles. The van der Waals surface area contributed by atoms with Gasteiger partial charge in [-0.3, -0.25) is 4.79 Å². The molecule has 1 saturated heterocycles. The van der Waals surface area contributed by atoms with Crippen molar-refractivity contribution < 1.29 is 4.79 Å². The Morgan fingerprint density at radius 1 is 1.14 bits per heavy atom. The molecule has 1 saturated carbocycles. The summed E-state index contributed by atoms with van der Waals surface area (Å²) < 4.78 is 0. The SMILES string of the molecule is CC(=O)N1CCCCC1c1ccc(SC2CCCCC2)nc1. The topological polar surface area (TPSA) is 33.2 Å². The van der Waals surface area contributed by atoms with Crippen LogP contribution < -0.4 is 0 Å². The Bertz CT molecular complexity index is 496. The van der Waals surface area contributed by atoms with Gasteiger partial charge < -0.3 is 4.90 Å². The third-order valence-corrected chi connectivity index (χ3v) is 6.18. The van der Waals surface area contributed by atoms with Gasteiger partial charge in [0.1, 0.15) is 0 Å². The summed E-state index contributed by atoms with van der Waals surface area (Å²) in [5.41, 5.74) is 1.20. The van der Waals surface area contributed by atoms with Gasteiger partial charge in [-0.1, -0.05) is 25.3 Å². The maximum atomic E-state index is 11.8. The monoisotopic (exact) mass is 318 g/mol. The number of piperidine rings is 1. The van der Waals surface area contributed by atoms with E-state index in [0.717, 1.165) is 29.7 Å². The van der Waals surface area contributed by atoms with Crippen LogP contribution in [-0.2, 0) is 4.79 Å². The van der Waals surface area contributed by atoms with E-state index in [1.165, 1.54) is 44.1 Å². The number of pyridine rings is 1. The third kappa shape index (κ3) is 3.83. The van der Waals surface area contributed by atoms with Crippen LogP contribution in [0.5, 0.6) is 0 Å². The van der Waals surface area contributed by atoms with Gasteiger partial charge in [0.15, 0.2) is 0 Å². The summed E-state index contributed by atoms with van der Waals surface area (Å²) in [5.74, 6) is 0.186. The zero-order valence-electron chi connectivity index (χ0n) is 13.5. The van der Waals surface area contributed by atoms with Gasteiger partial charge >= 0.3 is 0 Å². The zero-order chi connectivity index (χ0) is 15.4. The molecule has 4 heteroatoms. The van der Waals surface area contributed by atoms with Crippen molar-refractivity contribution in [1.82, 2.24) is 9.88 Å². The highest BCUT2D eigenvalue weighted by molar-refractivity contribution is 7.99. The number of amides is 1. The molecule has 1 aliphatic carbocycles. The van der Waals surface area contributed by atoms with Crippen molar-refractivity contribution in [2.45, 2.75) is 74.6 Å². The summed E-state index contributed by atoms with van der Waals surface area (Å²) >= 11 is 1.94. The van der Waals surface area contributed by atoms with Crippen LogP contribution >= 0.6 is 11.8 Å². The lowest BCUT2D eigenvalue weighted by Gasteiger charge is -2.35. The Labute approximate surface area is 137 Å². The van der Waals surface area contributed by atoms with E-state index in [1.807, 2.05) is 22.9 Å². The number of rotatable bonds is 3. The molecule has 1 atom stereocenters. The maximum absolute atomic E-state index is 11.8. The minimum Gasteiger partial charge on any atom is -0.336 e. The molecular weight excluding hydrogens is 292 g/mol. The van der Waals surface area contributed by atoms with E-state index in [0.29, 0.717) is 0 Å². The molecule has 0 N–H and O–H groups in total. The van der Waals surface area contributed by atoms with E-state index in [2.05, 4.69) is 17.1 Å². The summed E-state index contributed by atoms with van der Waals surface area (Å²) in [4.78, 5) is 18.5. The number of likely N-dealkylation sites (tertiary alicyclic amines) is 1. The number of hydrogen-bond donors (Lipinski definition) is 0. The predicted molar refractivity (Wildman–Crippen MR) is 90.9 cm³/mol. The van der Waals surface area contributed by atoms with Crippen molar-refractivity contribution in [2.75, 3.05) is 6.54 Å². The van der Waals surface area contributed by atoms with Crippen molar-refractivity contribution in [3.05, 3.63) is 23.9 Å². The first-order chi connectivity index (χ1) is 10.7. The fraction of sp³-hybridized carbons (Fsp3) is 0.667. The van der Waals surface area contributed by atoms with Crippen molar-refractivity contribution in [3.8, 4) is 0 Å². The number of nitrogens with zero attached hydrogens (tertiary/aromatic N) is 2. The van der Waals surface area contributed by atoms with E-state index in [-0.39, 0.29) is 11.9 Å². The van der Waals surface area contributed by atoms with Gasteiger partial charge in [0.2, 0.25) is 5.91 Å². The Hall–Kier alpha value is -1.03. The standard InChI is InChI=1S/C18H26N2OS/c1-14(21)20-12-6-5-9-17(20)15-10-11-18(19-13-15)22-16-7-3-2-4-8-16/h10-11,13,16-17H,2-9,12H2,1H3. The summed E-state index contributed by atoms with van der Waals surface area (Å²) in [6.07, 6.45) is 12.2. The van der Waals surface area contributed by atoms with Crippen LogP contribution in [0, 0.1) is 0 Å². The Morgan fingerprint density at radius 3 is 2.59 bits per heavy atom. The lowest BCUT2D eigenvalue weighted by atomic mass is 9.96. The third-order valence-electron chi connectivity index (χ3n) is 4.89. The second-order valence-corrected chi connectivity index (χ2v) is 7.85. The van der Waals surface area contributed by atoms with Gasteiger partial charge in [-0.15, -0.1) is 11.8 Å². The Balaban J connectivity index is 1.66. The van der Waals surface area contributed by atoms with E-state index < -0.39 is 0 Å². The molecule has 0 bridgehead atoms. The Kier molecular flexibility index (Phi) is 5.40. The van der Waals surface area contributed by atoms with Gasteiger partial charge in [-0.2, -0.15) is 0 Å². The molecule has 0 spiro atoms. The molecule has 3 nitrogen and oxygen atoms in total. The van der Waals surface area contributed by atoms with Crippen LogP contribution in [0.4, 0.5) is 0 Å². The van der Waals surface area contributed by atoms with E-state index in [4.69, 9.17) is 0 Å². The van der Waals surface area contributed by atoms with Gasteiger partial charge in [0.05, 0.1) is 11.1 Å². The summed E-state index contributed by atoms with van der Waals surface area (Å²) in [7, 11) is 0. The van der Waals surface area contributed by atoms with E-state index in [1.54, 1.807) is 6.92 Å². The van der Waals surface area contributed by atoms with Gasteiger partial charge in [-0.25, -0.2) is 4.98 Å². The van der Waals surface area contributed by atoms with Crippen LogP contribution in [0.2, 0.25) is 0 Å². The number of aromatic nitrogens is 1. The highest BCUT2D eigenvalue weighted by Crippen LogP contribution is 2.34. The highest BCUT2D eigenvalue weighted by Gasteiger charge is 2.26. The van der Waals surface area contributed by atoms with Gasteiger partial charge in [0.25, 0.3) is 0 Å². The number of carbonyl (C=O) groups is 1. The lowest BCUT2D eigenvalue weighted by molar-refractivity contribution is -0.132. The minimum absolute atomic E-state index is 0.186. The molecule has 2 fully saturated rings. The second kappa shape index (κ2) is 7.49. The fourth-order valence-corrected chi connectivity index (χ4v) is 4.84. The Morgan fingerprint density at radius 2 is 1.91 bits per heavy atom. The summed E-state index contributed by atoms with van der Waals surface area (Å²) in [6, 6.07) is 4.57. The van der Waals surface area contributed by atoms with Crippen molar-refractivity contribution in [1.29, 1.82) is 0 Å². The van der Waals surface area contributed by atoms with Crippen molar-refractivity contribution in [2.24, 2.45) is 0 Å². The number of hydrogen-bond acceptors (Lipinski definition) is 3. The molecule has 120 valence electrons. The predicted octanol–water partition coefficient (Wildman–Crippen LogP) is 4.58. The minimum atomic E-state index is 0.186. The first kappa shape index (κ1) is 15.9. The number of carbonyl (C=O) groups excluding carboxylic acids is 1. The summed E-state index contributed by atoms with van der Waals surface area (Å²) in [6.45, 7) is 2.57. The normalized spacial score (nSPS) is 23.5. The van der Waals surface area contributed by atoms with E-state index >= 15 is 0 Å². The van der Waals surface area contributed by atoms with Crippen molar-refractivity contribution >= 4 is 17.7 Å². The molecule has 1 amide bonds. The molecular formula is C18H26N2OS. The van der Waals surface area contributed by atoms with Crippen LogP contribution in [0.3, 0.4) is 0 Å². The molecule has 2 aliphatic rings. The lowest BCUT2D eigenvalue weighted by Crippen LogP contribution is -2.36. The largest absolute Gasteiger partial charge is 0.336 e. The first-order valence-corrected chi connectivity index (χ1v) is 9.52. The van der Waals surface area contributed by atoms with Gasteiger partial charge in [-0.05, 0) is 43.7 Å². The second-order valence-electron chi connectivity index (χ2n) is 6.53. The molecule has 3 rings (SSSR count). The average Bonchev–Trinajstić information content (AvgIpc) is 2.56. The summed E-state index contributed by atoms with van der Waals surface area (Å²) in [5, 5.41) is 1.89. The molecule has 0 aromatic carbocycles. The van der Waals surface area contributed by atoms with Crippen molar-refractivity contribution in [3.63, 3.8) is 0 Å². The smallest absolute Gasteiger partial charge is 0.219 e. The quantitative estimate of drug-likeness (QED) is 0.818. The molecule has 1 aromatic heterocycles. The molecule has 0 radical (unpaired) electrons. The molecule has 22 heavy (non-hydrogen) atoms. The zero-order valence-corrected chi connectivity index (χ0v) is 14.3. The van der Waals surface area contributed by atoms with Crippen LogP contribution in [-0.4, -0.2) is 27.6 Å². The van der Waals surface area contributed by atoms with Gasteiger partial charge in [0, 0.05) is 24.9 Å². The fourth-order valence-electron chi connectivity index (χ4n) is 3.67.